The summed E-state index contributed by atoms with van der Waals surface area (Å²) in [7, 11) is -8.42. The van der Waals surface area contributed by atoms with Crippen molar-refractivity contribution in [2.45, 2.75) is 260 Å². The highest BCUT2D eigenvalue weighted by Crippen LogP contribution is 2.53. The van der Waals surface area contributed by atoms with Crippen LogP contribution in [-0.2, 0) is 22.5 Å². The highest BCUT2D eigenvalue weighted by Gasteiger charge is 2.56. The van der Waals surface area contributed by atoms with Gasteiger partial charge in [-0.15, -0.1) is 11.3 Å². The molecule has 0 aliphatic heterocycles. The Morgan fingerprint density at radius 1 is 0.762 bits per heavy atom. The number of carbonyl (C=O) groups excluding carboxylic acids is 1. The van der Waals surface area contributed by atoms with E-state index in [1.54, 1.807) is 11.3 Å². The van der Waals surface area contributed by atoms with Crippen molar-refractivity contribution in [1.29, 1.82) is 0 Å². The van der Waals surface area contributed by atoms with Crippen LogP contribution in [0.25, 0.3) is 6.08 Å². The third-order valence-electron chi connectivity index (χ3n) is 16.6. The highest BCUT2D eigenvalue weighted by molar-refractivity contribution is 7.09. The summed E-state index contributed by atoms with van der Waals surface area (Å²) in [5.74, 6) is 0.355. The van der Waals surface area contributed by atoms with Gasteiger partial charge in [0.1, 0.15) is 5.78 Å². The first-order chi connectivity index (χ1) is 28.2. The summed E-state index contributed by atoms with van der Waals surface area (Å²) in [6.07, 6.45) is 11.9. The Balaban J connectivity index is 2.43. The fourth-order valence-corrected chi connectivity index (χ4v) is 13.5. The molecule has 366 valence electrons. The SMILES string of the molecule is C/C(=C\C[C@H](O[Si](C)(C)C(C)(C)C)/C(C)=C/c1csc(C)n1)CCC[C@H](C)[C@H](O[Si](C)(C)C(C)(C)C)[C@@H](C)C(=O)C1([C@H](CCO[Si](C)(C)C(C)(C)C)O[Si](C)(C)C(C)(C)C)CCC1. The summed E-state index contributed by atoms with van der Waals surface area (Å²) >= 11 is 1.69. The molecule has 0 bridgehead atoms. The Kier molecular flexibility index (Phi) is 20.3. The lowest BCUT2D eigenvalue weighted by Gasteiger charge is -2.52. The van der Waals surface area contributed by atoms with E-state index in [0.717, 1.165) is 62.1 Å². The number of hydrogen-bond donors (Lipinski definition) is 0. The largest absolute Gasteiger partial charge is 0.417 e. The molecular weight excluding hydrogens is 863 g/mol. The number of aromatic nitrogens is 1. The summed E-state index contributed by atoms with van der Waals surface area (Å²) < 4.78 is 28.7. The number of carbonyl (C=O) groups is 1. The standard InChI is InChI=1S/C52H101NO5SSi4/c1-38(30-31-44(56-61(20,21)49(9,10)11)40(3)36-43-37-59-42(5)53-43)28-26-29-39(2)46(58-63(24,25)51(15,16)17)41(4)47(54)52(33-27-34-52)45(57-62(22,23)50(12,13)14)32-35-55-60(18,19)48(6,7)8/h30,36-37,39,41,44-46H,26-29,31-35H2,1-25H3/b38-30+,40-36+/t39-,41+,44-,45-,46-/m0/s1. The van der Waals surface area contributed by atoms with Crippen molar-refractivity contribution in [3.05, 3.63) is 33.3 Å². The average Bonchev–Trinajstić information content (AvgIpc) is 3.49. The molecule has 0 spiro atoms. The Bertz CT molecular complexity index is 1680. The van der Waals surface area contributed by atoms with Crippen LogP contribution in [0.1, 0.15) is 173 Å². The third-order valence-corrected chi connectivity index (χ3v) is 35.4. The molecule has 1 aromatic rings. The summed E-state index contributed by atoms with van der Waals surface area (Å²) in [6.45, 7) is 58.2. The van der Waals surface area contributed by atoms with Gasteiger partial charge >= 0.3 is 0 Å². The predicted octanol–water partition coefficient (Wildman–Crippen LogP) is 17.0. The van der Waals surface area contributed by atoms with Crippen molar-refractivity contribution in [3.8, 4) is 0 Å². The van der Waals surface area contributed by atoms with Gasteiger partial charge in [0, 0.05) is 17.9 Å². The third kappa shape index (κ3) is 15.8. The van der Waals surface area contributed by atoms with Gasteiger partial charge in [-0.25, -0.2) is 4.98 Å². The number of aryl methyl sites for hydroxylation is 1. The van der Waals surface area contributed by atoms with Crippen molar-refractivity contribution in [2.24, 2.45) is 17.3 Å². The molecule has 0 radical (unpaired) electrons. The minimum absolute atomic E-state index is 0.0119. The van der Waals surface area contributed by atoms with Crippen LogP contribution >= 0.6 is 11.3 Å². The molecule has 2 rings (SSSR count). The monoisotopic (exact) mass is 964 g/mol. The topological polar surface area (TPSA) is 66.9 Å². The highest BCUT2D eigenvalue weighted by atomic mass is 32.1. The van der Waals surface area contributed by atoms with Gasteiger partial charge in [-0.05, 0) is 156 Å². The van der Waals surface area contributed by atoms with Crippen molar-refractivity contribution in [3.63, 3.8) is 0 Å². The molecule has 1 saturated carbocycles. The molecular formula is C52H101NO5SSi4. The number of rotatable bonds is 23. The molecule has 0 saturated heterocycles. The first-order valence-corrected chi connectivity index (χ1v) is 37.2. The lowest BCUT2D eigenvalue weighted by atomic mass is 9.59. The second kappa shape index (κ2) is 21.8. The van der Waals surface area contributed by atoms with E-state index in [1.807, 2.05) is 0 Å². The zero-order chi connectivity index (χ0) is 49.0. The first kappa shape index (κ1) is 58.6. The van der Waals surface area contributed by atoms with Gasteiger partial charge in [-0.3, -0.25) is 4.79 Å². The van der Waals surface area contributed by atoms with Crippen LogP contribution < -0.4 is 0 Å². The number of allylic oxidation sites excluding steroid dienone is 1. The van der Waals surface area contributed by atoms with Crippen molar-refractivity contribution < 1.29 is 22.5 Å². The second-order valence-corrected chi connectivity index (χ2v) is 46.1. The number of hydrogen-bond acceptors (Lipinski definition) is 7. The van der Waals surface area contributed by atoms with Gasteiger partial charge in [-0.2, -0.15) is 0 Å². The predicted molar refractivity (Wildman–Crippen MR) is 286 cm³/mol. The molecule has 1 aliphatic carbocycles. The van der Waals surface area contributed by atoms with Gasteiger partial charge in [-0.1, -0.05) is 115 Å². The van der Waals surface area contributed by atoms with E-state index in [0.29, 0.717) is 12.4 Å². The van der Waals surface area contributed by atoms with Gasteiger partial charge in [0.15, 0.2) is 33.3 Å². The minimum atomic E-state index is -2.22. The Hall–Kier alpha value is -0.512. The molecule has 6 nitrogen and oxygen atoms in total. The van der Waals surface area contributed by atoms with Crippen molar-refractivity contribution in [2.75, 3.05) is 6.61 Å². The Labute approximate surface area is 398 Å². The van der Waals surface area contributed by atoms with E-state index in [4.69, 9.17) is 22.7 Å². The van der Waals surface area contributed by atoms with Crippen LogP contribution in [0.3, 0.4) is 0 Å². The Morgan fingerprint density at radius 2 is 1.25 bits per heavy atom. The van der Waals surface area contributed by atoms with E-state index < -0.39 is 38.7 Å². The smallest absolute Gasteiger partial charge is 0.192 e. The normalized spacial score (nSPS) is 19.1. The fourth-order valence-electron chi connectivity index (χ4n) is 7.64. The van der Waals surface area contributed by atoms with Crippen molar-refractivity contribution in [1.82, 2.24) is 4.98 Å². The maximum atomic E-state index is 15.5. The lowest BCUT2D eigenvalue weighted by Crippen LogP contribution is -2.58. The summed E-state index contributed by atoms with van der Waals surface area (Å²) in [5, 5.41) is 3.54. The van der Waals surface area contributed by atoms with E-state index in [1.165, 1.54) is 11.1 Å². The summed E-state index contributed by atoms with van der Waals surface area (Å²) in [5.41, 5.74) is 3.14. The Morgan fingerprint density at radius 3 is 1.70 bits per heavy atom. The molecule has 5 atom stereocenters. The molecule has 1 aliphatic rings. The molecule has 1 heterocycles. The van der Waals surface area contributed by atoms with E-state index in [-0.39, 0.29) is 50.3 Å². The van der Waals surface area contributed by atoms with Crippen LogP contribution in [0.15, 0.2) is 22.6 Å². The zero-order valence-electron chi connectivity index (χ0n) is 45.9. The summed E-state index contributed by atoms with van der Waals surface area (Å²) in [6, 6.07) is 0. The number of Topliss-reactive ketones (excluding diaryl/α,β-unsaturated/α-hetero) is 1. The molecule has 63 heavy (non-hydrogen) atoms. The van der Waals surface area contributed by atoms with Gasteiger partial charge in [0.05, 0.1) is 34.4 Å². The molecule has 1 fully saturated rings. The van der Waals surface area contributed by atoms with Gasteiger partial charge < -0.3 is 17.7 Å². The van der Waals surface area contributed by atoms with Crippen LogP contribution in [0.5, 0.6) is 0 Å². The maximum absolute atomic E-state index is 15.5. The number of nitrogens with zero attached hydrogens (tertiary/aromatic N) is 1. The molecule has 0 N–H and O–H groups in total. The van der Waals surface area contributed by atoms with E-state index in [9.17, 15) is 0 Å². The maximum Gasteiger partial charge on any atom is 0.192 e. The number of thiazole rings is 1. The molecule has 0 amide bonds. The van der Waals surface area contributed by atoms with Crippen LogP contribution in [0, 0.1) is 24.2 Å². The summed E-state index contributed by atoms with van der Waals surface area (Å²) in [4.78, 5) is 20.2. The van der Waals surface area contributed by atoms with E-state index >= 15 is 4.79 Å². The zero-order valence-corrected chi connectivity index (χ0v) is 50.7. The minimum Gasteiger partial charge on any atom is -0.417 e. The lowest BCUT2D eigenvalue weighted by molar-refractivity contribution is -0.152. The molecule has 0 aromatic carbocycles. The average molecular weight is 965 g/mol. The van der Waals surface area contributed by atoms with Crippen LogP contribution in [-0.4, -0.2) is 69.0 Å². The first-order valence-electron chi connectivity index (χ1n) is 24.7. The van der Waals surface area contributed by atoms with Crippen LogP contribution in [0.4, 0.5) is 0 Å². The fraction of sp³-hybridized carbons (Fsp3) is 0.846. The molecule has 11 heteroatoms. The molecule has 1 aromatic heterocycles. The van der Waals surface area contributed by atoms with Gasteiger partial charge in [0.25, 0.3) is 0 Å². The van der Waals surface area contributed by atoms with E-state index in [2.05, 4.69) is 188 Å². The second-order valence-electron chi connectivity index (χ2n) is 26.0. The van der Waals surface area contributed by atoms with Crippen LogP contribution in [0.2, 0.25) is 72.5 Å². The quantitative estimate of drug-likeness (QED) is 0.0804. The van der Waals surface area contributed by atoms with Gasteiger partial charge in [0.2, 0.25) is 0 Å². The van der Waals surface area contributed by atoms with Crippen molar-refractivity contribution >= 4 is 56.5 Å². The molecule has 0 unspecified atom stereocenters. The number of ketones is 1.